The molecule has 0 unspecified atom stereocenters. The summed E-state index contributed by atoms with van der Waals surface area (Å²) in [6.07, 6.45) is 0.488. The van der Waals surface area contributed by atoms with Gasteiger partial charge in [0.25, 0.3) is 0 Å². The number of carbonyl (C=O) groups is 2. The smallest absolute Gasteiger partial charge is 0.328 e. The highest BCUT2D eigenvalue weighted by molar-refractivity contribution is 5.69. The summed E-state index contributed by atoms with van der Waals surface area (Å²) in [5, 5.41) is 0.762. The van der Waals surface area contributed by atoms with E-state index in [0.717, 1.165) is 5.23 Å². The van der Waals surface area contributed by atoms with Crippen LogP contribution >= 0.6 is 0 Å². The molecule has 0 saturated heterocycles. The van der Waals surface area contributed by atoms with Crippen molar-refractivity contribution < 1.29 is 19.3 Å². The van der Waals surface area contributed by atoms with Crippen LogP contribution in [0.5, 0.6) is 0 Å². The third-order valence-corrected chi connectivity index (χ3v) is 1.04. The standard InChI is InChI=1S/C7H13NO4/c1-4-6(9)11-8(3)12-7(10)5-2/h4-5H2,1-3H3. The maximum Gasteiger partial charge on any atom is 0.328 e. The van der Waals surface area contributed by atoms with Crippen molar-refractivity contribution >= 4 is 11.9 Å². The lowest BCUT2D eigenvalue weighted by Crippen LogP contribution is -2.26. The van der Waals surface area contributed by atoms with Crippen LogP contribution in [0.15, 0.2) is 0 Å². The minimum Gasteiger partial charge on any atom is -0.333 e. The van der Waals surface area contributed by atoms with E-state index in [2.05, 4.69) is 9.68 Å². The summed E-state index contributed by atoms with van der Waals surface area (Å²) in [6, 6.07) is 0. The monoisotopic (exact) mass is 175 g/mol. The molecule has 0 aromatic carbocycles. The molecule has 0 radical (unpaired) electrons. The molecule has 0 heterocycles. The number of rotatable bonds is 4. The van der Waals surface area contributed by atoms with Crippen LogP contribution in [-0.2, 0) is 19.3 Å². The third kappa shape index (κ3) is 4.68. The lowest BCUT2D eigenvalue weighted by atomic mass is 10.5. The van der Waals surface area contributed by atoms with Crippen molar-refractivity contribution in [2.45, 2.75) is 26.7 Å². The zero-order chi connectivity index (χ0) is 9.56. The maximum absolute atomic E-state index is 10.6. The van der Waals surface area contributed by atoms with Gasteiger partial charge in [-0.2, -0.15) is 0 Å². The molecule has 0 fully saturated rings. The largest absolute Gasteiger partial charge is 0.333 e. The second-order valence-electron chi connectivity index (χ2n) is 2.07. The summed E-state index contributed by atoms with van der Waals surface area (Å²) in [5.74, 6) is -0.886. The highest BCUT2D eigenvalue weighted by atomic mass is 17.0. The number of hydrogen-bond donors (Lipinski definition) is 0. The minimum absolute atomic E-state index is 0.244. The van der Waals surface area contributed by atoms with E-state index in [1.54, 1.807) is 13.8 Å². The molecule has 0 saturated carbocycles. The van der Waals surface area contributed by atoms with Gasteiger partial charge in [0.1, 0.15) is 0 Å². The summed E-state index contributed by atoms with van der Waals surface area (Å²) in [6.45, 7) is 3.30. The molecule has 0 atom stereocenters. The van der Waals surface area contributed by atoms with Gasteiger partial charge in [0.15, 0.2) is 0 Å². The Morgan fingerprint density at radius 1 is 1.08 bits per heavy atom. The second-order valence-corrected chi connectivity index (χ2v) is 2.07. The van der Waals surface area contributed by atoms with Crippen molar-refractivity contribution in [3.8, 4) is 0 Å². The summed E-state index contributed by atoms with van der Waals surface area (Å²) in [7, 11) is 1.35. The Kier molecular flexibility index (Phi) is 5.03. The molecule has 5 heteroatoms. The van der Waals surface area contributed by atoms with Crippen LogP contribution in [0, 0.1) is 0 Å². The average molecular weight is 175 g/mol. The van der Waals surface area contributed by atoms with Crippen LogP contribution in [-0.4, -0.2) is 24.2 Å². The van der Waals surface area contributed by atoms with Gasteiger partial charge in [0, 0.05) is 18.1 Å². The van der Waals surface area contributed by atoms with Crippen LogP contribution in [0.1, 0.15) is 26.7 Å². The summed E-state index contributed by atoms with van der Waals surface area (Å²) in [4.78, 5) is 30.3. The zero-order valence-electron chi connectivity index (χ0n) is 7.49. The first-order chi connectivity index (χ1) is 5.60. The Hall–Kier alpha value is -1.10. The van der Waals surface area contributed by atoms with E-state index in [-0.39, 0.29) is 12.8 Å². The Labute approximate surface area is 71.1 Å². The first kappa shape index (κ1) is 10.9. The van der Waals surface area contributed by atoms with Crippen LogP contribution in [0.4, 0.5) is 0 Å². The predicted molar refractivity (Wildman–Crippen MR) is 40.5 cm³/mol. The van der Waals surface area contributed by atoms with E-state index in [1.807, 2.05) is 0 Å². The van der Waals surface area contributed by atoms with Crippen molar-refractivity contribution in [2.24, 2.45) is 0 Å². The fraction of sp³-hybridized carbons (Fsp3) is 0.714. The zero-order valence-corrected chi connectivity index (χ0v) is 7.49. The van der Waals surface area contributed by atoms with E-state index < -0.39 is 11.9 Å². The predicted octanol–water partition coefficient (Wildman–Crippen LogP) is 0.655. The van der Waals surface area contributed by atoms with E-state index in [0.29, 0.717) is 0 Å². The van der Waals surface area contributed by atoms with Gasteiger partial charge in [-0.3, -0.25) is 9.59 Å². The molecular weight excluding hydrogens is 162 g/mol. The van der Waals surface area contributed by atoms with E-state index in [4.69, 9.17) is 0 Å². The Balaban J connectivity index is 3.66. The van der Waals surface area contributed by atoms with Gasteiger partial charge in [-0.05, 0) is 0 Å². The molecule has 0 rings (SSSR count). The van der Waals surface area contributed by atoms with Crippen molar-refractivity contribution in [2.75, 3.05) is 7.05 Å². The van der Waals surface area contributed by atoms with Gasteiger partial charge >= 0.3 is 11.9 Å². The Morgan fingerprint density at radius 2 is 1.42 bits per heavy atom. The molecule has 0 aliphatic carbocycles. The molecule has 12 heavy (non-hydrogen) atoms. The van der Waals surface area contributed by atoms with Crippen LogP contribution in [0.3, 0.4) is 0 Å². The SMILES string of the molecule is CCC(=O)ON(C)OC(=O)CC. The van der Waals surface area contributed by atoms with Gasteiger partial charge in [-0.25, -0.2) is 0 Å². The first-order valence-corrected chi connectivity index (χ1v) is 3.75. The Bertz CT molecular complexity index is 151. The van der Waals surface area contributed by atoms with Crippen molar-refractivity contribution in [1.29, 1.82) is 0 Å². The van der Waals surface area contributed by atoms with Crippen molar-refractivity contribution in [3.05, 3.63) is 0 Å². The molecule has 70 valence electrons. The fourth-order valence-corrected chi connectivity index (χ4v) is 0.435. The van der Waals surface area contributed by atoms with Gasteiger partial charge < -0.3 is 9.68 Å². The molecule has 0 N–H and O–H groups in total. The molecule has 0 spiro atoms. The highest BCUT2D eigenvalue weighted by Gasteiger charge is 2.08. The lowest BCUT2D eigenvalue weighted by Gasteiger charge is -2.13. The highest BCUT2D eigenvalue weighted by Crippen LogP contribution is 1.93. The quantitative estimate of drug-likeness (QED) is 0.587. The number of hydrogen-bond acceptors (Lipinski definition) is 5. The van der Waals surface area contributed by atoms with Gasteiger partial charge in [0.05, 0.1) is 7.05 Å². The van der Waals surface area contributed by atoms with Crippen molar-refractivity contribution in [3.63, 3.8) is 0 Å². The van der Waals surface area contributed by atoms with E-state index in [1.165, 1.54) is 7.05 Å². The van der Waals surface area contributed by atoms with Gasteiger partial charge in [-0.15, -0.1) is 0 Å². The van der Waals surface area contributed by atoms with Gasteiger partial charge in [-0.1, -0.05) is 13.8 Å². The molecular formula is C7H13NO4. The maximum atomic E-state index is 10.6. The molecule has 0 aliphatic rings. The topological polar surface area (TPSA) is 55.8 Å². The normalized spacial score (nSPS) is 9.67. The molecule has 0 aromatic rings. The van der Waals surface area contributed by atoms with Gasteiger partial charge in [0.2, 0.25) is 0 Å². The van der Waals surface area contributed by atoms with Crippen LogP contribution in [0.25, 0.3) is 0 Å². The van der Waals surface area contributed by atoms with Crippen molar-refractivity contribution in [1.82, 2.24) is 5.23 Å². The number of hydroxylamine groups is 2. The third-order valence-electron chi connectivity index (χ3n) is 1.04. The summed E-state index contributed by atoms with van der Waals surface area (Å²) >= 11 is 0. The number of nitrogens with zero attached hydrogens (tertiary/aromatic N) is 1. The summed E-state index contributed by atoms with van der Waals surface area (Å²) < 4.78 is 0. The van der Waals surface area contributed by atoms with E-state index in [9.17, 15) is 9.59 Å². The molecule has 0 bridgehead atoms. The first-order valence-electron chi connectivity index (χ1n) is 3.75. The molecule has 0 aromatic heterocycles. The average Bonchev–Trinajstić information content (AvgIpc) is 2.03. The lowest BCUT2D eigenvalue weighted by molar-refractivity contribution is -0.311. The molecule has 0 amide bonds. The number of carbonyl (C=O) groups excluding carboxylic acids is 2. The second kappa shape index (κ2) is 5.54. The van der Waals surface area contributed by atoms with Crippen LogP contribution in [0.2, 0.25) is 0 Å². The Morgan fingerprint density at radius 3 is 1.67 bits per heavy atom. The fourth-order valence-electron chi connectivity index (χ4n) is 0.435. The minimum atomic E-state index is -0.443. The van der Waals surface area contributed by atoms with E-state index >= 15 is 0 Å². The molecule has 0 aliphatic heterocycles. The van der Waals surface area contributed by atoms with Crippen LogP contribution < -0.4 is 0 Å². The summed E-state index contributed by atoms with van der Waals surface area (Å²) in [5.41, 5.74) is 0. The molecule has 5 nitrogen and oxygen atoms in total.